The lowest BCUT2D eigenvalue weighted by molar-refractivity contribution is 0.274. The summed E-state index contributed by atoms with van der Waals surface area (Å²) >= 11 is 0. The van der Waals surface area contributed by atoms with E-state index in [0.29, 0.717) is 0 Å². The standard InChI is InChI=1S/C12H23N5/c1-12(2,3)13-9-11-14-15-16-17(11)8-7-10-5-4-6-10/h10,13H,4-9H2,1-3H3. The zero-order valence-corrected chi connectivity index (χ0v) is 11.1. The normalized spacial score (nSPS) is 17.1. The number of nitrogens with one attached hydrogen (secondary N) is 1. The molecule has 0 saturated heterocycles. The zero-order valence-electron chi connectivity index (χ0n) is 11.1. The topological polar surface area (TPSA) is 55.6 Å². The molecule has 0 unspecified atom stereocenters. The van der Waals surface area contributed by atoms with Crippen LogP contribution >= 0.6 is 0 Å². The van der Waals surface area contributed by atoms with Crippen LogP contribution < -0.4 is 5.32 Å². The minimum absolute atomic E-state index is 0.102. The molecule has 0 radical (unpaired) electrons. The summed E-state index contributed by atoms with van der Waals surface area (Å²) in [6.07, 6.45) is 5.39. The Morgan fingerprint density at radius 1 is 1.35 bits per heavy atom. The number of hydrogen-bond acceptors (Lipinski definition) is 4. The van der Waals surface area contributed by atoms with E-state index in [-0.39, 0.29) is 5.54 Å². The van der Waals surface area contributed by atoms with Gasteiger partial charge in [-0.15, -0.1) is 5.10 Å². The molecule has 0 aliphatic heterocycles. The number of aromatic nitrogens is 4. The molecule has 1 aliphatic rings. The molecule has 2 rings (SSSR count). The Bertz CT molecular complexity index is 348. The first-order chi connectivity index (χ1) is 8.04. The SMILES string of the molecule is CC(C)(C)NCc1nnnn1CCC1CCC1. The average Bonchev–Trinajstić information content (AvgIpc) is 2.59. The minimum Gasteiger partial charge on any atom is -0.305 e. The number of nitrogens with zero attached hydrogens (tertiary/aromatic N) is 4. The van der Waals surface area contributed by atoms with E-state index >= 15 is 0 Å². The predicted octanol–water partition coefficient (Wildman–Crippen LogP) is 1.75. The van der Waals surface area contributed by atoms with Crippen molar-refractivity contribution in [1.82, 2.24) is 25.5 Å². The highest BCUT2D eigenvalue weighted by atomic mass is 15.5. The van der Waals surface area contributed by atoms with Crippen LogP contribution in [0.4, 0.5) is 0 Å². The van der Waals surface area contributed by atoms with Crippen molar-refractivity contribution >= 4 is 0 Å². The summed E-state index contributed by atoms with van der Waals surface area (Å²) in [5, 5.41) is 15.3. The average molecular weight is 237 g/mol. The molecule has 1 heterocycles. The van der Waals surface area contributed by atoms with Crippen LogP contribution in [0.15, 0.2) is 0 Å². The van der Waals surface area contributed by atoms with Crippen molar-refractivity contribution in [1.29, 1.82) is 0 Å². The monoisotopic (exact) mass is 237 g/mol. The lowest BCUT2D eigenvalue weighted by atomic mass is 9.83. The molecule has 1 N–H and O–H groups in total. The lowest BCUT2D eigenvalue weighted by Crippen LogP contribution is -2.36. The van der Waals surface area contributed by atoms with Gasteiger partial charge in [0.1, 0.15) is 0 Å². The van der Waals surface area contributed by atoms with Crippen molar-refractivity contribution in [2.75, 3.05) is 0 Å². The smallest absolute Gasteiger partial charge is 0.165 e. The van der Waals surface area contributed by atoms with Gasteiger partial charge < -0.3 is 5.32 Å². The molecule has 5 heteroatoms. The second-order valence-corrected chi connectivity index (χ2v) is 6.01. The number of rotatable bonds is 5. The van der Waals surface area contributed by atoms with E-state index in [4.69, 9.17) is 0 Å². The molecule has 0 amide bonds. The third kappa shape index (κ3) is 3.77. The largest absolute Gasteiger partial charge is 0.305 e. The highest BCUT2D eigenvalue weighted by Gasteiger charge is 2.18. The van der Waals surface area contributed by atoms with E-state index in [1.807, 2.05) is 4.68 Å². The van der Waals surface area contributed by atoms with E-state index in [9.17, 15) is 0 Å². The molecule has 0 aromatic carbocycles. The second-order valence-electron chi connectivity index (χ2n) is 6.01. The molecule has 1 aromatic heterocycles. The molecule has 1 saturated carbocycles. The predicted molar refractivity (Wildman–Crippen MR) is 66.4 cm³/mol. The number of hydrogen-bond donors (Lipinski definition) is 1. The Hall–Kier alpha value is -0.970. The Labute approximate surface area is 103 Å². The second kappa shape index (κ2) is 5.12. The first-order valence-corrected chi connectivity index (χ1v) is 6.55. The van der Waals surface area contributed by atoms with Gasteiger partial charge in [-0.25, -0.2) is 4.68 Å². The van der Waals surface area contributed by atoms with Gasteiger partial charge in [0, 0.05) is 12.1 Å². The van der Waals surface area contributed by atoms with Gasteiger partial charge in [-0.05, 0) is 43.5 Å². The van der Waals surface area contributed by atoms with Crippen LogP contribution in [-0.4, -0.2) is 25.7 Å². The van der Waals surface area contributed by atoms with E-state index < -0.39 is 0 Å². The maximum absolute atomic E-state index is 4.08. The Morgan fingerprint density at radius 2 is 2.12 bits per heavy atom. The first kappa shape index (κ1) is 12.5. The van der Waals surface area contributed by atoms with E-state index in [1.165, 1.54) is 25.7 Å². The van der Waals surface area contributed by atoms with Crippen LogP contribution in [0.5, 0.6) is 0 Å². The van der Waals surface area contributed by atoms with Crippen LogP contribution in [0.25, 0.3) is 0 Å². The van der Waals surface area contributed by atoms with Gasteiger partial charge in [0.05, 0.1) is 6.54 Å². The molecule has 1 aliphatic carbocycles. The van der Waals surface area contributed by atoms with Crippen molar-refractivity contribution < 1.29 is 0 Å². The molecule has 0 spiro atoms. The molecular weight excluding hydrogens is 214 g/mol. The summed E-state index contributed by atoms with van der Waals surface area (Å²) in [5.74, 6) is 1.85. The van der Waals surface area contributed by atoms with E-state index in [0.717, 1.165) is 24.8 Å². The fourth-order valence-electron chi connectivity index (χ4n) is 1.95. The number of aryl methyl sites for hydroxylation is 1. The van der Waals surface area contributed by atoms with Crippen molar-refractivity contribution in [3.8, 4) is 0 Å². The van der Waals surface area contributed by atoms with E-state index in [1.54, 1.807) is 0 Å². The van der Waals surface area contributed by atoms with Crippen LogP contribution in [-0.2, 0) is 13.1 Å². The Balaban J connectivity index is 1.82. The lowest BCUT2D eigenvalue weighted by Gasteiger charge is -2.25. The highest BCUT2D eigenvalue weighted by molar-refractivity contribution is 4.84. The number of tetrazole rings is 1. The van der Waals surface area contributed by atoms with Crippen LogP contribution in [0.2, 0.25) is 0 Å². The summed E-state index contributed by atoms with van der Waals surface area (Å²) in [5.41, 5.74) is 0.102. The van der Waals surface area contributed by atoms with E-state index in [2.05, 4.69) is 41.6 Å². The quantitative estimate of drug-likeness (QED) is 0.847. The van der Waals surface area contributed by atoms with Crippen molar-refractivity contribution in [2.45, 2.75) is 65.1 Å². The fourth-order valence-corrected chi connectivity index (χ4v) is 1.95. The minimum atomic E-state index is 0.102. The molecule has 5 nitrogen and oxygen atoms in total. The van der Waals surface area contributed by atoms with Gasteiger partial charge in [-0.3, -0.25) is 0 Å². The third-order valence-corrected chi connectivity index (χ3v) is 3.36. The van der Waals surface area contributed by atoms with Gasteiger partial charge in [-0.2, -0.15) is 0 Å². The summed E-state index contributed by atoms with van der Waals surface area (Å²) in [6, 6.07) is 0. The molecule has 0 atom stereocenters. The van der Waals surface area contributed by atoms with Gasteiger partial charge >= 0.3 is 0 Å². The van der Waals surface area contributed by atoms with Gasteiger partial charge in [0.15, 0.2) is 5.82 Å². The maximum atomic E-state index is 4.08. The Kier molecular flexibility index (Phi) is 3.76. The zero-order chi connectivity index (χ0) is 12.3. The fraction of sp³-hybridized carbons (Fsp3) is 0.917. The van der Waals surface area contributed by atoms with Crippen LogP contribution in [0.1, 0.15) is 52.3 Å². The van der Waals surface area contributed by atoms with Crippen LogP contribution in [0, 0.1) is 5.92 Å². The molecule has 0 bridgehead atoms. The van der Waals surface area contributed by atoms with Crippen molar-refractivity contribution in [3.05, 3.63) is 5.82 Å². The summed E-state index contributed by atoms with van der Waals surface area (Å²) in [4.78, 5) is 0. The molecule has 1 aromatic rings. The Morgan fingerprint density at radius 3 is 2.71 bits per heavy atom. The summed E-state index contributed by atoms with van der Waals surface area (Å²) < 4.78 is 1.94. The van der Waals surface area contributed by atoms with Gasteiger partial charge in [0.2, 0.25) is 0 Å². The molecule has 17 heavy (non-hydrogen) atoms. The van der Waals surface area contributed by atoms with Gasteiger partial charge in [-0.1, -0.05) is 19.3 Å². The maximum Gasteiger partial charge on any atom is 0.165 e. The molecular formula is C12H23N5. The molecule has 96 valence electrons. The van der Waals surface area contributed by atoms with Crippen LogP contribution in [0.3, 0.4) is 0 Å². The van der Waals surface area contributed by atoms with Crippen molar-refractivity contribution in [3.63, 3.8) is 0 Å². The summed E-state index contributed by atoms with van der Waals surface area (Å²) in [6.45, 7) is 8.14. The van der Waals surface area contributed by atoms with Crippen molar-refractivity contribution in [2.24, 2.45) is 5.92 Å². The highest BCUT2D eigenvalue weighted by Crippen LogP contribution is 2.29. The summed E-state index contributed by atoms with van der Waals surface area (Å²) in [7, 11) is 0. The first-order valence-electron chi connectivity index (χ1n) is 6.55. The third-order valence-electron chi connectivity index (χ3n) is 3.36. The van der Waals surface area contributed by atoms with Gasteiger partial charge in [0.25, 0.3) is 0 Å². The molecule has 1 fully saturated rings.